The Balaban J connectivity index is 0. The van der Waals surface area contributed by atoms with Crippen molar-refractivity contribution in [1.29, 1.82) is 5.26 Å². The molecule has 0 bridgehead atoms. The third-order valence-electron chi connectivity index (χ3n) is 0.412. The van der Waals surface area contributed by atoms with Crippen LogP contribution in [0.15, 0.2) is 11.8 Å². The lowest BCUT2D eigenvalue weighted by Crippen LogP contribution is -1.82. The molecule has 0 atom stereocenters. The van der Waals surface area contributed by atoms with Crippen molar-refractivity contribution in [3.8, 4) is 5.40 Å². The first-order valence-corrected chi connectivity index (χ1v) is 2.90. The van der Waals surface area contributed by atoms with Gasteiger partial charge < -0.3 is 5.11 Å². The molecule has 0 saturated carbocycles. The summed E-state index contributed by atoms with van der Waals surface area (Å²) in [5.41, 5.74) is 0. The third-order valence-corrected chi connectivity index (χ3v) is 0.412. The predicted molar refractivity (Wildman–Crippen MR) is 41.7 cm³/mol. The second-order valence-electron chi connectivity index (χ2n) is 1.50. The predicted octanol–water partition coefficient (Wildman–Crippen LogP) is 1.43. The highest BCUT2D eigenvalue weighted by atomic mass is 32.1. The fourth-order valence-electron chi connectivity index (χ4n) is 0.294. The van der Waals surface area contributed by atoms with Crippen LogP contribution in [0.4, 0.5) is 0 Å². The van der Waals surface area contributed by atoms with E-state index < -0.39 is 0 Å². The van der Waals surface area contributed by atoms with Crippen LogP contribution in [-0.4, -0.2) is 10.9 Å². The zero-order valence-corrected chi connectivity index (χ0v) is 6.72. The normalized spacial score (nSPS) is 8.80. The van der Waals surface area contributed by atoms with Crippen molar-refractivity contribution in [2.24, 2.45) is 0 Å². The summed E-state index contributed by atoms with van der Waals surface area (Å²) in [4.78, 5) is 10.0. The van der Waals surface area contributed by atoms with Crippen molar-refractivity contribution in [1.82, 2.24) is 0 Å². The maximum Gasteiger partial charge on any atom is 0.155 e. The highest BCUT2D eigenvalue weighted by Crippen LogP contribution is 1.82. The molecule has 0 rings (SSSR count). The second-order valence-corrected chi connectivity index (χ2v) is 1.70. The molecule has 0 heterocycles. The van der Waals surface area contributed by atoms with Crippen LogP contribution in [-0.2, 0) is 4.79 Å². The van der Waals surface area contributed by atoms with Gasteiger partial charge in [-0.1, -0.05) is 12.6 Å². The number of allylic oxidation sites excluding steroid dienone is 2. The number of hydrogen-bond acceptors (Lipinski definition) is 4. The molecule has 0 amide bonds. The summed E-state index contributed by atoms with van der Waals surface area (Å²) < 4.78 is 0. The molecule has 0 aliphatic carbocycles. The maximum absolute atomic E-state index is 10.0. The number of carbonyl (C=O) groups excluding carboxylic acids is 1. The summed E-state index contributed by atoms with van der Waals surface area (Å²) in [6, 6.07) is 0. The summed E-state index contributed by atoms with van der Waals surface area (Å²) in [5.74, 6) is -0.0625. The van der Waals surface area contributed by atoms with E-state index in [1.54, 1.807) is 0 Å². The average molecular weight is 159 g/mol. The lowest BCUT2D eigenvalue weighted by atomic mass is 10.4. The van der Waals surface area contributed by atoms with E-state index in [4.69, 9.17) is 10.4 Å². The van der Waals surface area contributed by atoms with Gasteiger partial charge in [-0.2, -0.15) is 5.26 Å². The zero-order valence-electron chi connectivity index (χ0n) is 5.83. The van der Waals surface area contributed by atoms with E-state index in [1.807, 2.05) is 0 Å². The molecule has 0 aliphatic heterocycles. The molecule has 0 fully saturated rings. The van der Waals surface area contributed by atoms with Crippen LogP contribution < -0.4 is 0 Å². The zero-order chi connectivity index (χ0) is 8.57. The molecule has 1 N–H and O–H groups in total. The van der Waals surface area contributed by atoms with Gasteiger partial charge in [-0.05, 0) is 13.8 Å². The molecule has 0 aromatic rings. The summed E-state index contributed by atoms with van der Waals surface area (Å²) >= 11 is 3.09. The van der Waals surface area contributed by atoms with Gasteiger partial charge in [0.05, 0.1) is 5.76 Å². The van der Waals surface area contributed by atoms with Gasteiger partial charge in [0.2, 0.25) is 0 Å². The Morgan fingerprint density at radius 1 is 1.70 bits per heavy atom. The van der Waals surface area contributed by atoms with Gasteiger partial charge in [-0.3, -0.25) is 4.79 Å². The van der Waals surface area contributed by atoms with E-state index in [9.17, 15) is 4.79 Å². The topological polar surface area (TPSA) is 61.1 Å². The molecule has 0 aliphatic rings. The fourth-order valence-corrected chi connectivity index (χ4v) is 0.294. The van der Waals surface area contributed by atoms with Gasteiger partial charge in [0.25, 0.3) is 0 Å². The lowest BCUT2D eigenvalue weighted by molar-refractivity contribution is -0.112. The van der Waals surface area contributed by atoms with Crippen molar-refractivity contribution in [3.63, 3.8) is 0 Å². The monoisotopic (exact) mass is 159 g/mol. The number of rotatable bonds is 1. The van der Waals surface area contributed by atoms with Gasteiger partial charge in [0.1, 0.15) is 5.40 Å². The van der Waals surface area contributed by atoms with Crippen LogP contribution >= 0.6 is 12.6 Å². The summed E-state index contributed by atoms with van der Waals surface area (Å²) in [5, 5.41) is 17.0. The third kappa shape index (κ3) is 27.7. The van der Waals surface area contributed by atoms with E-state index in [1.165, 1.54) is 25.3 Å². The molecule has 0 saturated heterocycles. The summed E-state index contributed by atoms with van der Waals surface area (Å²) in [6.07, 6.45) is 1.17. The van der Waals surface area contributed by atoms with Crippen molar-refractivity contribution in [2.45, 2.75) is 13.8 Å². The highest BCUT2D eigenvalue weighted by molar-refractivity contribution is 7.85. The minimum Gasteiger partial charge on any atom is -0.512 e. The molecule has 0 aromatic carbocycles. The van der Waals surface area contributed by atoms with Crippen molar-refractivity contribution >= 4 is 18.4 Å². The van der Waals surface area contributed by atoms with E-state index in [0.29, 0.717) is 0 Å². The van der Waals surface area contributed by atoms with Gasteiger partial charge in [-0.25, -0.2) is 0 Å². The van der Waals surface area contributed by atoms with Crippen molar-refractivity contribution in [2.75, 3.05) is 0 Å². The standard InChI is InChI=1S/C5H8O2.CHNS/c1-4(6)3-5(2)7;2-1-3/h3,6H,1-2H3;3H/b4-3-;. The largest absolute Gasteiger partial charge is 0.512 e. The van der Waals surface area contributed by atoms with Gasteiger partial charge >= 0.3 is 0 Å². The minimum absolute atomic E-state index is 0.0625. The molecular formula is C6H9NO2S. The second kappa shape index (κ2) is 8.05. The Bertz CT molecular complexity index is 165. The van der Waals surface area contributed by atoms with Crippen molar-refractivity contribution < 1.29 is 9.90 Å². The van der Waals surface area contributed by atoms with E-state index in [2.05, 4.69) is 12.6 Å². The van der Waals surface area contributed by atoms with Gasteiger partial charge in [-0.15, -0.1) is 0 Å². The maximum atomic E-state index is 10.0. The van der Waals surface area contributed by atoms with E-state index in [-0.39, 0.29) is 11.5 Å². The molecule has 0 unspecified atom stereocenters. The first-order valence-electron chi connectivity index (χ1n) is 2.45. The van der Waals surface area contributed by atoms with Crippen LogP contribution in [0.1, 0.15) is 13.8 Å². The van der Waals surface area contributed by atoms with Crippen LogP contribution in [0.25, 0.3) is 0 Å². The lowest BCUT2D eigenvalue weighted by Gasteiger charge is -1.80. The van der Waals surface area contributed by atoms with Crippen LogP contribution in [0.2, 0.25) is 0 Å². The number of nitrogens with zero attached hydrogens (tertiary/aromatic N) is 1. The number of thiocyanates is 1. The van der Waals surface area contributed by atoms with Crippen LogP contribution in [0, 0.1) is 10.7 Å². The quantitative estimate of drug-likeness (QED) is 0.263. The summed E-state index contributed by atoms with van der Waals surface area (Å²) in [7, 11) is 0. The number of hydrogen-bond donors (Lipinski definition) is 2. The smallest absolute Gasteiger partial charge is 0.155 e. The number of carbonyl (C=O) groups is 1. The molecular weight excluding hydrogens is 150 g/mol. The number of aliphatic hydroxyl groups excluding tert-OH is 1. The molecule has 4 heteroatoms. The van der Waals surface area contributed by atoms with Gasteiger partial charge in [0, 0.05) is 6.08 Å². The average Bonchev–Trinajstić information content (AvgIpc) is 1.62. The number of ketones is 1. The first-order chi connectivity index (χ1) is 4.54. The molecule has 0 aromatic heterocycles. The Morgan fingerprint density at radius 3 is 2.00 bits per heavy atom. The van der Waals surface area contributed by atoms with Crippen LogP contribution in [0.3, 0.4) is 0 Å². The fraction of sp³-hybridized carbons (Fsp3) is 0.333. The highest BCUT2D eigenvalue weighted by Gasteiger charge is 1.82. The van der Waals surface area contributed by atoms with Crippen LogP contribution in [0.5, 0.6) is 0 Å². The van der Waals surface area contributed by atoms with Crippen molar-refractivity contribution in [3.05, 3.63) is 11.8 Å². The Kier molecular flexibility index (Phi) is 9.50. The van der Waals surface area contributed by atoms with E-state index in [0.717, 1.165) is 0 Å². The van der Waals surface area contributed by atoms with Gasteiger partial charge in [0.15, 0.2) is 5.78 Å². The summed E-state index contributed by atoms with van der Waals surface area (Å²) in [6.45, 7) is 2.85. The molecule has 56 valence electrons. The minimum atomic E-state index is -0.125. The molecule has 3 nitrogen and oxygen atoms in total. The molecule has 0 radical (unpaired) electrons. The Morgan fingerprint density at radius 2 is 2.00 bits per heavy atom. The number of nitriles is 1. The molecule has 0 spiro atoms. The molecule has 10 heavy (non-hydrogen) atoms. The first kappa shape index (κ1) is 11.8. The number of thiol groups is 1. The Hall–Kier alpha value is -0.950. The Labute approximate surface area is 65.4 Å². The number of aliphatic hydroxyl groups is 1. The SMILES string of the molecule is CC(=O)/C=C(/C)O.N#CS. The van der Waals surface area contributed by atoms with E-state index >= 15 is 0 Å².